The lowest BCUT2D eigenvalue weighted by Crippen LogP contribution is -2.27. The van der Waals surface area contributed by atoms with Gasteiger partial charge in [0, 0.05) is 11.4 Å². The number of amides is 2. The molecular weight excluding hydrogens is 432 g/mol. The number of ketones is 1. The number of carbonyl (C=O) groups is 3. The molecule has 2 aromatic carbocycles. The fraction of sp³-hybridized carbons (Fsp3) is 0.296. The van der Waals surface area contributed by atoms with E-state index in [1.165, 1.54) is 12.2 Å². The number of carbonyl (C=O) groups excluding carboxylic acids is 3. The third-order valence-corrected chi connectivity index (χ3v) is 3.99. The van der Waals surface area contributed by atoms with Crippen LogP contribution in [-0.2, 0) is 14.3 Å². The molecule has 0 aliphatic carbocycles. The van der Waals surface area contributed by atoms with E-state index < -0.39 is 23.4 Å². The van der Waals surface area contributed by atoms with Crippen LogP contribution in [0.5, 0.6) is 0 Å². The summed E-state index contributed by atoms with van der Waals surface area (Å²) < 4.78 is 10.4. The minimum atomic E-state index is -0.570. The Morgan fingerprint density at radius 2 is 0.941 bits per heavy atom. The Labute approximate surface area is 200 Å². The van der Waals surface area contributed by atoms with E-state index in [9.17, 15) is 14.4 Å². The molecule has 0 heterocycles. The quantitative estimate of drug-likeness (QED) is 0.465. The maximum absolute atomic E-state index is 12.2. The summed E-state index contributed by atoms with van der Waals surface area (Å²) in [5, 5.41) is 5.32. The van der Waals surface area contributed by atoms with Crippen molar-refractivity contribution in [2.75, 3.05) is 10.6 Å². The van der Waals surface area contributed by atoms with Crippen LogP contribution in [0.4, 0.5) is 21.0 Å². The van der Waals surface area contributed by atoms with Gasteiger partial charge in [0.25, 0.3) is 0 Å². The summed E-state index contributed by atoms with van der Waals surface area (Å²) in [4.78, 5) is 35.8. The third kappa shape index (κ3) is 10.6. The van der Waals surface area contributed by atoms with Crippen molar-refractivity contribution in [3.8, 4) is 0 Å². The Morgan fingerprint density at radius 1 is 0.618 bits per heavy atom. The summed E-state index contributed by atoms with van der Waals surface area (Å²) in [6.07, 6.45) is 5.26. The number of allylic oxidation sites excluding steroid dienone is 2. The van der Waals surface area contributed by atoms with Crippen molar-refractivity contribution >= 4 is 41.5 Å². The number of hydrogen-bond donors (Lipinski definition) is 2. The predicted molar refractivity (Wildman–Crippen MR) is 136 cm³/mol. The molecule has 34 heavy (non-hydrogen) atoms. The largest absolute Gasteiger partial charge is 0.444 e. The Kier molecular flexibility index (Phi) is 8.78. The van der Waals surface area contributed by atoms with Gasteiger partial charge in [-0.15, -0.1) is 0 Å². The number of hydrogen-bond acceptors (Lipinski definition) is 5. The highest BCUT2D eigenvalue weighted by molar-refractivity contribution is 6.04. The van der Waals surface area contributed by atoms with Gasteiger partial charge in [-0.3, -0.25) is 15.4 Å². The first kappa shape index (κ1) is 26.4. The lowest BCUT2D eigenvalue weighted by atomic mass is 10.1. The Morgan fingerprint density at radius 3 is 1.24 bits per heavy atom. The standard InChI is InChI=1S/C27H32N2O5/c1-26(2,3)33-24(31)28-21-13-7-19(8-14-21)11-17-23(30)18-12-20-9-15-22(16-10-20)29-25(32)34-27(4,5)6/h7-18H,1-6H3,(H,28,31)(H,29,32)/b17-11+,18-12+. The first-order chi connectivity index (χ1) is 15.8. The summed E-state index contributed by atoms with van der Waals surface area (Å²) in [5.41, 5.74) is 1.69. The fourth-order valence-electron chi connectivity index (χ4n) is 2.61. The topological polar surface area (TPSA) is 93.7 Å². The van der Waals surface area contributed by atoms with Crippen LogP contribution in [0.3, 0.4) is 0 Å². The minimum absolute atomic E-state index is 0.174. The molecule has 0 saturated heterocycles. The second-order valence-electron chi connectivity index (χ2n) is 9.57. The summed E-state index contributed by atoms with van der Waals surface area (Å²) >= 11 is 0. The lowest BCUT2D eigenvalue weighted by molar-refractivity contribution is -0.110. The van der Waals surface area contributed by atoms with Crippen LogP contribution in [0.2, 0.25) is 0 Å². The molecule has 0 saturated carbocycles. The second-order valence-corrected chi connectivity index (χ2v) is 9.57. The van der Waals surface area contributed by atoms with Crippen molar-refractivity contribution in [1.29, 1.82) is 0 Å². The van der Waals surface area contributed by atoms with Crippen LogP contribution in [0.1, 0.15) is 52.7 Å². The van der Waals surface area contributed by atoms with E-state index in [1.807, 2.05) is 0 Å². The molecule has 7 heteroatoms. The molecule has 0 aliphatic heterocycles. The highest BCUT2D eigenvalue weighted by Gasteiger charge is 2.16. The maximum Gasteiger partial charge on any atom is 0.412 e. The first-order valence-corrected chi connectivity index (χ1v) is 10.9. The SMILES string of the molecule is CC(C)(C)OC(=O)Nc1ccc(/C=C/C(=O)/C=C/c2ccc(NC(=O)OC(C)(C)C)cc2)cc1. The Bertz CT molecular complexity index is 969. The zero-order valence-electron chi connectivity index (χ0n) is 20.5. The van der Waals surface area contributed by atoms with Crippen molar-refractivity contribution in [2.45, 2.75) is 52.7 Å². The van der Waals surface area contributed by atoms with Crippen molar-refractivity contribution in [2.24, 2.45) is 0 Å². The second kappa shape index (κ2) is 11.3. The fourth-order valence-corrected chi connectivity index (χ4v) is 2.61. The zero-order valence-corrected chi connectivity index (χ0v) is 20.5. The van der Waals surface area contributed by atoms with Crippen LogP contribution in [-0.4, -0.2) is 29.2 Å². The molecule has 7 nitrogen and oxygen atoms in total. The highest BCUT2D eigenvalue weighted by Crippen LogP contribution is 2.15. The Hall–Kier alpha value is -3.87. The van der Waals surface area contributed by atoms with Gasteiger partial charge in [0.1, 0.15) is 11.2 Å². The van der Waals surface area contributed by atoms with Gasteiger partial charge < -0.3 is 9.47 Å². The summed E-state index contributed by atoms with van der Waals surface area (Å²) in [5.74, 6) is -0.174. The smallest absolute Gasteiger partial charge is 0.412 e. The molecule has 2 amide bonds. The van der Waals surface area contributed by atoms with Crippen molar-refractivity contribution < 1.29 is 23.9 Å². The average molecular weight is 465 g/mol. The average Bonchev–Trinajstić information content (AvgIpc) is 2.70. The molecule has 0 aliphatic rings. The molecule has 0 fully saturated rings. The molecule has 180 valence electrons. The Balaban J connectivity index is 1.87. The van der Waals surface area contributed by atoms with Gasteiger partial charge in [0.05, 0.1) is 0 Å². The van der Waals surface area contributed by atoms with Crippen LogP contribution in [0, 0.1) is 0 Å². The monoisotopic (exact) mass is 464 g/mol. The highest BCUT2D eigenvalue weighted by atomic mass is 16.6. The normalized spacial score (nSPS) is 11.9. The molecule has 2 aromatic rings. The van der Waals surface area contributed by atoms with Gasteiger partial charge >= 0.3 is 12.2 Å². The molecule has 0 radical (unpaired) electrons. The van der Waals surface area contributed by atoms with Crippen LogP contribution >= 0.6 is 0 Å². The third-order valence-electron chi connectivity index (χ3n) is 3.99. The van der Waals surface area contributed by atoms with Crippen molar-refractivity contribution in [3.05, 3.63) is 71.8 Å². The molecule has 0 aromatic heterocycles. The molecule has 0 bridgehead atoms. The maximum atomic E-state index is 12.2. The van der Waals surface area contributed by atoms with Gasteiger partial charge in [-0.05, 0) is 89.1 Å². The van der Waals surface area contributed by atoms with E-state index >= 15 is 0 Å². The first-order valence-electron chi connectivity index (χ1n) is 10.9. The molecule has 0 unspecified atom stereocenters. The van der Waals surface area contributed by atoms with Gasteiger partial charge in [-0.2, -0.15) is 0 Å². The number of rotatable bonds is 6. The molecule has 0 atom stereocenters. The summed E-state index contributed by atoms with van der Waals surface area (Å²) in [6, 6.07) is 14.1. The van der Waals surface area contributed by atoms with E-state index in [0.29, 0.717) is 11.4 Å². The van der Waals surface area contributed by atoms with Crippen LogP contribution in [0.25, 0.3) is 12.2 Å². The molecule has 0 spiro atoms. The number of anilines is 2. The van der Waals surface area contributed by atoms with Crippen molar-refractivity contribution in [1.82, 2.24) is 0 Å². The lowest BCUT2D eigenvalue weighted by Gasteiger charge is -2.19. The summed E-state index contributed by atoms with van der Waals surface area (Å²) in [6.45, 7) is 10.8. The minimum Gasteiger partial charge on any atom is -0.444 e. The number of benzene rings is 2. The van der Waals surface area contributed by atoms with Gasteiger partial charge in [-0.25, -0.2) is 9.59 Å². The van der Waals surface area contributed by atoms with E-state index in [2.05, 4.69) is 10.6 Å². The zero-order chi connectivity index (χ0) is 25.4. The van der Waals surface area contributed by atoms with Crippen LogP contribution < -0.4 is 10.6 Å². The van der Waals surface area contributed by atoms with E-state index in [4.69, 9.17) is 9.47 Å². The van der Waals surface area contributed by atoms with Crippen molar-refractivity contribution in [3.63, 3.8) is 0 Å². The van der Waals surface area contributed by atoms with Gasteiger partial charge in [0.15, 0.2) is 5.78 Å². The van der Waals surface area contributed by atoms with E-state index in [0.717, 1.165) is 11.1 Å². The van der Waals surface area contributed by atoms with E-state index in [1.54, 1.807) is 102 Å². The van der Waals surface area contributed by atoms with Gasteiger partial charge in [-0.1, -0.05) is 36.4 Å². The van der Waals surface area contributed by atoms with Gasteiger partial charge in [0.2, 0.25) is 0 Å². The predicted octanol–water partition coefficient (Wildman–Crippen LogP) is 6.68. The molecule has 2 N–H and O–H groups in total. The molecule has 2 rings (SSSR count). The van der Waals surface area contributed by atoms with Crippen LogP contribution in [0.15, 0.2) is 60.7 Å². The molecular formula is C27H32N2O5. The number of ether oxygens (including phenoxy) is 2. The number of nitrogens with one attached hydrogen (secondary N) is 2. The summed E-state index contributed by atoms with van der Waals surface area (Å²) in [7, 11) is 0. The van der Waals surface area contributed by atoms with E-state index in [-0.39, 0.29) is 5.78 Å².